The second kappa shape index (κ2) is 11.7. The van der Waals surface area contributed by atoms with Crippen LogP contribution in [0.1, 0.15) is 76.6 Å². The van der Waals surface area contributed by atoms with Crippen LogP contribution in [0.4, 0.5) is 0 Å². The summed E-state index contributed by atoms with van der Waals surface area (Å²) in [6.07, 6.45) is 0.907. The maximum Gasteiger partial charge on any atom is 0.355 e. The maximum atomic E-state index is 13.5. The maximum absolute atomic E-state index is 13.5. The first-order valence-electron chi connectivity index (χ1n) is 14.1. The van der Waals surface area contributed by atoms with Gasteiger partial charge in [-0.25, -0.2) is 4.79 Å². The van der Waals surface area contributed by atoms with E-state index in [1.54, 1.807) is 24.3 Å². The van der Waals surface area contributed by atoms with Crippen LogP contribution in [0.3, 0.4) is 0 Å². The van der Waals surface area contributed by atoms with Gasteiger partial charge in [-0.2, -0.15) is 0 Å². The first-order valence-corrected chi connectivity index (χ1v) is 14.1. The fraction of sp³-hybridized carbons (Fsp3) is 0.306. The second-order valence-corrected chi connectivity index (χ2v) is 11.6. The van der Waals surface area contributed by atoms with Crippen LogP contribution in [0.15, 0.2) is 97.1 Å². The molecule has 0 amide bonds. The van der Waals surface area contributed by atoms with Crippen molar-refractivity contribution in [2.75, 3.05) is 0 Å². The Hall–Kier alpha value is -4.25. The summed E-state index contributed by atoms with van der Waals surface area (Å²) in [7, 11) is 0. The molecule has 5 nitrogen and oxygen atoms in total. The molecule has 0 heterocycles. The Morgan fingerprint density at radius 1 is 0.561 bits per heavy atom. The molecular formula is C36H40O5. The molecule has 214 valence electrons. The summed E-state index contributed by atoms with van der Waals surface area (Å²) < 4.78 is 12.2. The molecule has 4 aromatic rings. The number of rotatable bonds is 10. The molecule has 0 fully saturated rings. The Morgan fingerprint density at radius 2 is 0.878 bits per heavy atom. The average molecular weight is 553 g/mol. The highest BCUT2D eigenvalue weighted by atomic mass is 16.6. The molecule has 5 heteroatoms. The van der Waals surface area contributed by atoms with E-state index in [0.717, 1.165) is 22.3 Å². The van der Waals surface area contributed by atoms with E-state index in [2.05, 4.69) is 27.7 Å². The van der Waals surface area contributed by atoms with E-state index in [0.29, 0.717) is 24.3 Å². The Balaban J connectivity index is 1.48. The summed E-state index contributed by atoms with van der Waals surface area (Å²) in [5, 5.41) is 19.3. The van der Waals surface area contributed by atoms with Crippen LogP contribution in [0, 0.1) is 0 Å². The molecule has 0 radical (unpaired) electrons. The van der Waals surface area contributed by atoms with Gasteiger partial charge < -0.3 is 19.7 Å². The number of ether oxygens (including phenoxy) is 2. The highest BCUT2D eigenvalue weighted by molar-refractivity contribution is 5.82. The minimum Gasteiger partial charge on any atom is -0.508 e. The third-order valence-corrected chi connectivity index (χ3v) is 8.37. The van der Waals surface area contributed by atoms with Crippen LogP contribution in [0.5, 0.6) is 23.0 Å². The van der Waals surface area contributed by atoms with Crippen molar-refractivity contribution in [1.29, 1.82) is 0 Å². The van der Waals surface area contributed by atoms with Gasteiger partial charge in [-0.3, -0.25) is 0 Å². The van der Waals surface area contributed by atoms with E-state index < -0.39 is 11.6 Å². The zero-order valence-corrected chi connectivity index (χ0v) is 24.8. The molecule has 0 aliphatic rings. The molecule has 0 aromatic heterocycles. The lowest BCUT2D eigenvalue weighted by molar-refractivity contribution is -0.153. The average Bonchev–Trinajstić information content (AvgIpc) is 2.97. The predicted molar refractivity (Wildman–Crippen MR) is 163 cm³/mol. The number of hydrogen-bond donors (Lipinski definition) is 2. The highest BCUT2D eigenvalue weighted by Crippen LogP contribution is 2.36. The van der Waals surface area contributed by atoms with Crippen LogP contribution in [-0.2, 0) is 15.6 Å². The fourth-order valence-corrected chi connectivity index (χ4v) is 5.12. The molecule has 41 heavy (non-hydrogen) atoms. The standard InChI is InChI=1S/C36H40O5/c1-7-36(8-2,41-32-23-15-28(16-24-32)35(5,6)26-11-19-30(38)20-12-26)33(39)40-31-21-13-27(14-22-31)34(3,4)25-9-17-29(37)18-10-25/h9-24,37-38H,7-8H2,1-6H3. The van der Waals surface area contributed by atoms with Crippen molar-refractivity contribution in [2.45, 2.75) is 70.8 Å². The molecule has 0 aliphatic carbocycles. The number of benzene rings is 4. The van der Waals surface area contributed by atoms with Gasteiger partial charge in [0.1, 0.15) is 23.0 Å². The topological polar surface area (TPSA) is 76.0 Å². The van der Waals surface area contributed by atoms with E-state index in [9.17, 15) is 15.0 Å². The zero-order chi connectivity index (χ0) is 29.8. The number of hydrogen-bond acceptors (Lipinski definition) is 5. The van der Waals surface area contributed by atoms with Crippen molar-refractivity contribution in [1.82, 2.24) is 0 Å². The van der Waals surface area contributed by atoms with Crippen molar-refractivity contribution in [3.63, 3.8) is 0 Å². The Kier molecular flexibility index (Phi) is 8.48. The molecule has 0 aliphatic heterocycles. The van der Waals surface area contributed by atoms with Gasteiger partial charge in [-0.1, -0.05) is 90.1 Å². The van der Waals surface area contributed by atoms with Crippen LogP contribution in [0.2, 0.25) is 0 Å². The summed E-state index contributed by atoms with van der Waals surface area (Å²) in [6.45, 7) is 12.3. The molecule has 0 atom stereocenters. The molecule has 2 N–H and O–H groups in total. The smallest absolute Gasteiger partial charge is 0.355 e. The minimum absolute atomic E-state index is 0.234. The normalized spacial score (nSPS) is 12.1. The molecule has 0 saturated carbocycles. The quantitative estimate of drug-likeness (QED) is 0.153. The molecular weight excluding hydrogens is 512 g/mol. The first kappa shape index (κ1) is 29.7. The van der Waals surface area contributed by atoms with E-state index in [1.165, 1.54) is 0 Å². The van der Waals surface area contributed by atoms with Crippen molar-refractivity contribution < 1.29 is 24.5 Å². The van der Waals surface area contributed by atoms with E-state index in [-0.39, 0.29) is 22.3 Å². The summed E-state index contributed by atoms with van der Waals surface area (Å²) >= 11 is 0. The van der Waals surface area contributed by atoms with Gasteiger partial charge in [0.25, 0.3) is 0 Å². The van der Waals surface area contributed by atoms with Gasteiger partial charge in [0.15, 0.2) is 0 Å². The van der Waals surface area contributed by atoms with Gasteiger partial charge in [0.2, 0.25) is 5.60 Å². The lowest BCUT2D eigenvalue weighted by atomic mass is 9.78. The largest absolute Gasteiger partial charge is 0.508 e. The summed E-state index contributed by atoms with van der Waals surface area (Å²) in [5.74, 6) is 1.10. The fourth-order valence-electron chi connectivity index (χ4n) is 5.12. The molecule has 0 unspecified atom stereocenters. The lowest BCUT2D eigenvalue weighted by Gasteiger charge is -2.31. The van der Waals surface area contributed by atoms with Crippen molar-refractivity contribution >= 4 is 5.97 Å². The number of carbonyl (C=O) groups excluding carboxylic acids is 1. The Bertz CT molecular complexity index is 1440. The first-order chi connectivity index (χ1) is 19.4. The SMILES string of the molecule is CCC(CC)(Oc1ccc(C(C)(C)c2ccc(O)cc2)cc1)C(=O)Oc1ccc(C(C)(C)c2ccc(O)cc2)cc1. The number of aromatic hydroxyl groups is 2. The van der Waals surface area contributed by atoms with Crippen molar-refractivity contribution in [2.24, 2.45) is 0 Å². The van der Waals surface area contributed by atoms with Gasteiger partial charge in [-0.05, 0) is 83.6 Å². The van der Waals surface area contributed by atoms with E-state index in [4.69, 9.17) is 9.47 Å². The monoisotopic (exact) mass is 552 g/mol. The molecule has 4 rings (SSSR count). The summed E-state index contributed by atoms with van der Waals surface area (Å²) in [6, 6.07) is 29.8. The van der Waals surface area contributed by atoms with Crippen molar-refractivity contribution in [3.8, 4) is 23.0 Å². The number of phenols is 2. The molecule has 0 saturated heterocycles. The van der Waals surface area contributed by atoms with Crippen LogP contribution >= 0.6 is 0 Å². The number of carbonyl (C=O) groups is 1. The van der Waals surface area contributed by atoms with Gasteiger partial charge in [0, 0.05) is 10.8 Å². The van der Waals surface area contributed by atoms with Gasteiger partial charge in [0.05, 0.1) is 0 Å². The van der Waals surface area contributed by atoms with Crippen molar-refractivity contribution in [3.05, 3.63) is 119 Å². The van der Waals surface area contributed by atoms with Crippen LogP contribution < -0.4 is 9.47 Å². The molecule has 0 bridgehead atoms. The predicted octanol–water partition coefficient (Wildman–Crippen LogP) is 8.29. The third kappa shape index (κ3) is 6.25. The van der Waals surface area contributed by atoms with E-state index >= 15 is 0 Å². The highest BCUT2D eigenvalue weighted by Gasteiger charge is 2.40. The minimum atomic E-state index is -1.13. The van der Waals surface area contributed by atoms with Gasteiger partial charge in [-0.15, -0.1) is 0 Å². The molecule has 4 aromatic carbocycles. The van der Waals surface area contributed by atoms with E-state index in [1.807, 2.05) is 86.6 Å². The van der Waals surface area contributed by atoms with Crippen LogP contribution in [0.25, 0.3) is 0 Å². The lowest BCUT2D eigenvalue weighted by Crippen LogP contribution is -2.46. The Labute approximate surface area is 243 Å². The number of esters is 1. The summed E-state index contributed by atoms with van der Waals surface area (Å²) in [5.41, 5.74) is 2.61. The Morgan fingerprint density at radius 3 is 1.22 bits per heavy atom. The van der Waals surface area contributed by atoms with Gasteiger partial charge >= 0.3 is 5.97 Å². The second-order valence-electron chi connectivity index (χ2n) is 11.6. The zero-order valence-electron chi connectivity index (χ0n) is 24.8. The third-order valence-electron chi connectivity index (χ3n) is 8.37. The molecule has 0 spiro atoms. The number of phenolic OH excluding ortho intramolecular Hbond substituents is 2. The van der Waals surface area contributed by atoms with Crippen LogP contribution in [-0.4, -0.2) is 21.8 Å². The summed E-state index contributed by atoms with van der Waals surface area (Å²) in [4.78, 5) is 13.5.